The summed E-state index contributed by atoms with van der Waals surface area (Å²) < 4.78 is 0. The third-order valence-corrected chi connectivity index (χ3v) is 2.42. The summed E-state index contributed by atoms with van der Waals surface area (Å²) in [5.41, 5.74) is 0. The zero-order chi connectivity index (χ0) is 8.85. The Kier molecular flexibility index (Phi) is 5.12. The lowest BCUT2D eigenvalue weighted by molar-refractivity contribution is 0.885. The lowest BCUT2D eigenvalue weighted by Crippen LogP contribution is -1.77. The van der Waals surface area contributed by atoms with Crippen molar-refractivity contribution in [1.29, 1.82) is 0 Å². The molecule has 0 spiro atoms. The Morgan fingerprint density at radius 1 is 1.36 bits per heavy atom. The van der Waals surface area contributed by atoms with Crippen molar-refractivity contribution in [2.24, 2.45) is 0 Å². The van der Waals surface area contributed by atoms with Crippen LogP contribution < -0.4 is 0 Å². The summed E-state index contributed by atoms with van der Waals surface area (Å²) in [4.78, 5) is 5.54. The van der Waals surface area contributed by atoms with Gasteiger partial charge < -0.3 is 0 Å². The minimum Gasteiger partial charge on any atom is -0.250 e. The van der Waals surface area contributed by atoms with Gasteiger partial charge in [0, 0.05) is 11.1 Å². The van der Waals surface area contributed by atoms with E-state index in [1.54, 1.807) is 11.3 Å². The first-order chi connectivity index (χ1) is 5.20. The van der Waals surface area contributed by atoms with Crippen molar-refractivity contribution in [3.8, 4) is 0 Å². The van der Waals surface area contributed by atoms with Gasteiger partial charge in [-0.05, 0) is 12.8 Å². The molecule has 0 atom stereocenters. The fourth-order valence-corrected chi connectivity index (χ4v) is 1.43. The van der Waals surface area contributed by atoms with E-state index < -0.39 is 0 Å². The molecule has 0 bridgehead atoms. The number of rotatable bonds is 1. The zero-order valence-electron chi connectivity index (χ0n) is 8.01. The van der Waals surface area contributed by atoms with Gasteiger partial charge in [-0.15, -0.1) is 11.3 Å². The second-order valence-electron chi connectivity index (χ2n) is 2.44. The molecule has 0 amide bonds. The van der Waals surface area contributed by atoms with E-state index in [-0.39, 0.29) is 0 Å². The average Bonchev–Trinajstić information content (AvgIpc) is 2.40. The first-order valence-corrected chi connectivity index (χ1v) is 4.94. The van der Waals surface area contributed by atoms with Gasteiger partial charge in [0.15, 0.2) is 0 Å². The number of nitrogens with zero attached hydrogens (tertiary/aromatic N) is 1. The summed E-state index contributed by atoms with van der Waals surface area (Å²) >= 11 is 1.78. The molecule has 0 aliphatic carbocycles. The Morgan fingerprint density at radius 3 is 2.09 bits per heavy atom. The van der Waals surface area contributed by atoms with Crippen molar-refractivity contribution in [2.75, 3.05) is 0 Å². The summed E-state index contributed by atoms with van der Waals surface area (Å²) in [7, 11) is 0. The van der Waals surface area contributed by atoms with Crippen LogP contribution in [-0.2, 0) is 0 Å². The molecule has 0 radical (unpaired) electrons. The molecule has 0 aliphatic heterocycles. The Bertz CT molecular complexity index is 191. The molecule has 0 aromatic carbocycles. The highest BCUT2D eigenvalue weighted by atomic mass is 32.1. The minimum absolute atomic E-state index is 0.635. The lowest BCUT2D eigenvalue weighted by atomic mass is 10.2. The Balaban J connectivity index is 0.000000461. The van der Waals surface area contributed by atoms with Crippen LogP contribution in [0.2, 0.25) is 0 Å². The fourth-order valence-electron chi connectivity index (χ4n) is 0.645. The Hall–Kier alpha value is -0.370. The van der Waals surface area contributed by atoms with Gasteiger partial charge in [0.05, 0.1) is 5.01 Å². The Morgan fingerprint density at radius 2 is 1.91 bits per heavy atom. The molecule has 1 aromatic rings. The molecule has 64 valence electrons. The van der Waals surface area contributed by atoms with E-state index in [1.165, 1.54) is 9.88 Å². The van der Waals surface area contributed by atoms with E-state index in [1.807, 2.05) is 27.0 Å². The van der Waals surface area contributed by atoms with Crippen LogP contribution in [0.15, 0.2) is 6.20 Å². The van der Waals surface area contributed by atoms with Crippen LogP contribution in [0, 0.1) is 6.92 Å². The van der Waals surface area contributed by atoms with Crippen LogP contribution in [0.4, 0.5) is 0 Å². The highest BCUT2D eigenvalue weighted by molar-refractivity contribution is 7.11. The van der Waals surface area contributed by atoms with Gasteiger partial charge in [-0.2, -0.15) is 0 Å². The van der Waals surface area contributed by atoms with E-state index in [0.717, 1.165) is 0 Å². The fraction of sp³-hybridized carbons (Fsp3) is 0.667. The molecule has 0 aliphatic rings. The predicted molar refractivity (Wildman–Crippen MR) is 52.3 cm³/mol. The second-order valence-corrected chi connectivity index (χ2v) is 3.70. The first-order valence-electron chi connectivity index (χ1n) is 4.12. The number of hydrogen-bond acceptors (Lipinski definition) is 2. The smallest absolute Gasteiger partial charge is 0.0896 e. The van der Waals surface area contributed by atoms with Crippen molar-refractivity contribution >= 4 is 11.3 Å². The van der Waals surface area contributed by atoms with E-state index in [0.29, 0.717) is 5.92 Å². The minimum atomic E-state index is 0.635. The molecule has 2 heteroatoms. The highest BCUT2D eigenvalue weighted by Gasteiger charge is 2.00. The molecule has 0 unspecified atom stereocenters. The van der Waals surface area contributed by atoms with Crippen molar-refractivity contribution in [2.45, 2.75) is 40.5 Å². The topological polar surface area (TPSA) is 12.9 Å². The van der Waals surface area contributed by atoms with E-state index in [9.17, 15) is 0 Å². The van der Waals surface area contributed by atoms with Gasteiger partial charge >= 0.3 is 0 Å². The molecule has 1 heterocycles. The molecule has 0 saturated heterocycles. The normalized spacial score (nSPS) is 9.27. The first kappa shape index (κ1) is 10.6. The second kappa shape index (κ2) is 5.30. The summed E-state index contributed by atoms with van der Waals surface area (Å²) in [5.74, 6) is 0.635. The van der Waals surface area contributed by atoms with Crippen molar-refractivity contribution < 1.29 is 0 Å². The third kappa shape index (κ3) is 3.51. The maximum atomic E-state index is 4.16. The molecule has 1 rings (SSSR count). The number of hydrogen-bond donors (Lipinski definition) is 0. The molecular weight excluding hydrogens is 154 g/mol. The van der Waals surface area contributed by atoms with Crippen molar-refractivity contribution in [1.82, 2.24) is 4.98 Å². The van der Waals surface area contributed by atoms with Crippen LogP contribution in [0.5, 0.6) is 0 Å². The number of aryl methyl sites for hydroxylation is 1. The van der Waals surface area contributed by atoms with Crippen LogP contribution in [0.3, 0.4) is 0 Å². The average molecular weight is 171 g/mol. The predicted octanol–water partition coefficient (Wildman–Crippen LogP) is 3.60. The molecule has 0 saturated carbocycles. The summed E-state index contributed by atoms with van der Waals surface area (Å²) in [6, 6.07) is 0. The largest absolute Gasteiger partial charge is 0.250 e. The molecule has 11 heavy (non-hydrogen) atoms. The molecule has 0 N–H and O–H groups in total. The van der Waals surface area contributed by atoms with Gasteiger partial charge in [-0.3, -0.25) is 0 Å². The zero-order valence-corrected chi connectivity index (χ0v) is 8.83. The van der Waals surface area contributed by atoms with E-state index in [2.05, 4.69) is 18.8 Å². The van der Waals surface area contributed by atoms with Crippen LogP contribution in [-0.4, -0.2) is 4.98 Å². The quantitative estimate of drug-likeness (QED) is 0.629. The molecular formula is C9H17NS. The van der Waals surface area contributed by atoms with Crippen molar-refractivity contribution in [3.63, 3.8) is 0 Å². The van der Waals surface area contributed by atoms with Gasteiger partial charge in [0.2, 0.25) is 0 Å². The van der Waals surface area contributed by atoms with Crippen LogP contribution >= 0.6 is 11.3 Å². The molecule has 0 fully saturated rings. The summed E-state index contributed by atoms with van der Waals surface area (Å²) in [6.07, 6.45) is 1.96. The highest BCUT2D eigenvalue weighted by Crippen LogP contribution is 2.20. The molecule has 1 nitrogen and oxygen atoms in total. The maximum absolute atomic E-state index is 4.16. The molecule has 1 aromatic heterocycles. The van der Waals surface area contributed by atoms with Gasteiger partial charge in [-0.1, -0.05) is 27.7 Å². The summed E-state index contributed by atoms with van der Waals surface area (Å²) in [5, 5.41) is 1.17. The van der Waals surface area contributed by atoms with E-state index in [4.69, 9.17) is 0 Å². The van der Waals surface area contributed by atoms with Gasteiger partial charge in [0.1, 0.15) is 0 Å². The SMILES string of the molecule is CC.Cc1ncc(C(C)C)s1. The maximum Gasteiger partial charge on any atom is 0.0896 e. The standard InChI is InChI=1S/C7H11NS.C2H6/c1-5(2)7-4-8-6(3)9-7;1-2/h4-5H,1-3H3;1-2H3. The number of aromatic nitrogens is 1. The van der Waals surface area contributed by atoms with Gasteiger partial charge in [0.25, 0.3) is 0 Å². The van der Waals surface area contributed by atoms with Gasteiger partial charge in [-0.25, -0.2) is 4.98 Å². The summed E-state index contributed by atoms with van der Waals surface area (Å²) in [6.45, 7) is 10.4. The van der Waals surface area contributed by atoms with Crippen LogP contribution in [0.25, 0.3) is 0 Å². The van der Waals surface area contributed by atoms with E-state index >= 15 is 0 Å². The monoisotopic (exact) mass is 171 g/mol. The Labute approximate surface area is 73.5 Å². The number of thiazole rings is 1. The van der Waals surface area contributed by atoms with Crippen molar-refractivity contribution in [3.05, 3.63) is 16.1 Å². The van der Waals surface area contributed by atoms with Crippen LogP contribution in [0.1, 0.15) is 43.5 Å². The lowest BCUT2D eigenvalue weighted by Gasteiger charge is -1.94. The third-order valence-electron chi connectivity index (χ3n) is 1.21.